The van der Waals surface area contributed by atoms with Crippen molar-refractivity contribution in [1.82, 2.24) is 4.98 Å². The number of aromatic nitrogens is 1. The number of hydrogen-bond donors (Lipinski definition) is 3. The maximum atomic E-state index is 11.7. The van der Waals surface area contributed by atoms with Crippen molar-refractivity contribution in [2.24, 2.45) is 4.99 Å². The van der Waals surface area contributed by atoms with Crippen molar-refractivity contribution in [2.75, 3.05) is 5.32 Å². The number of fused-ring (bicyclic) bond motifs is 1. The van der Waals surface area contributed by atoms with Crippen LogP contribution in [-0.2, 0) is 0 Å². The minimum absolute atomic E-state index is 0.0551. The number of benzene rings is 1. The molecule has 1 fully saturated rings. The number of anilines is 1. The molecule has 5 rings (SSSR count). The lowest BCUT2D eigenvalue weighted by Crippen LogP contribution is -2.07. The monoisotopic (exact) mass is 387 g/mol. The summed E-state index contributed by atoms with van der Waals surface area (Å²) in [7, 11) is 0. The van der Waals surface area contributed by atoms with Crippen LogP contribution in [0.25, 0.3) is 11.6 Å². The Balaban J connectivity index is 1.45. The number of carboxylic acids is 1. The Kier molecular flexibility index (Phi) is 3.94. The highest BCUT2D eigenvalue weighted by atomic mass is 16.4. The molecule has 2 aliphatic rings. The van der Waals surface area contributed by atoms with Gasteiger partial charge in [-0.3, -0.25) is 0 Å². The minimum atomic E-state index is -1.25. The molecule has 1 aliphatic heterocycles. The van der Waals surface area contributed by atoms with Gasteiger partial charge >= 0.3 is 5.97 Å². The third-order valence-electron chi connectivity index (χ3n) is 5.17. The maximum Gasteiger partial charge on any atom is 0.345 e. The van der Waals surface area contributed by atoms with Crippen molar-refractivity contribution in [2.45, 2.75) is 18.4 Å². The fourth-order valence-electron chi connectivity index (χ4n) is 3.61. The third-order valence-corrected chi connectivity index (χ3v) is 5.17. The maximum absolute atomic E-state index is 11.7. The molecule has 29 heavy (non-hydrogen) atoms. The average molecular weight is 387 g/mol. The van der Waals surface area contributed by atoms with Gasteiger partial charge in [0.2, 0.25) is 5.88 Å². The van der Waals surface area contributed by atoms with Gasteiger partial charge < -0.3 is 19.9 Å². The van der Waals surface area contributed by atoms with Crippen molar-refractivity contribution in [1.29, 1.82) is 0 Å². The van der Waals surface area contributed by atoms with Gasteiger partial charge in [-0.2, -0.15) is 0 Å². The van der Waals surface area contributed by atoms with Gasteiger partial charge in [0.25, 0.3) is 0 Å². The lowest BCUT2D eigenvalue weighted by molar-refractivity contribution is 0.0694. The van der Waals surface area contributed by atoms with Crippen LogP contribution in [-0.4, -0.2) is 33.4 Å². The van der Waals surface area contributed by atoms with E-state index in [2.05, 4.69) is 15.3 Å². The number of pyridine rings is 1. The summed E-state index contributed by atoms with van der Waals surface area (Å²) < 4.78 is 5.72. The van der Waals surface area contributed by atoms with Crippen LogP contribution in [0.1, 0.15) is 39.6 Å². The predicted octanol–water partition coefficient (Wildman–Crippen LogP) is 4.30. The predicted molar refractivity (Wildman–Crippen MR) is 109 cm³/mol. The number of aromatic hydroxyl groups is 1. The van der Waals surface area contributed by atoms with Crippen molar-refractivity contribution in [3.63, 3.8) is 0 Å². The Morgan fingerprint density at radius 3 is 2.83 bits per heavy atom. The second kappa shape index (κ2) is 6.63. The zero-order valence-corrected chi connectivity index (χ0v) is 15.2. The van der Waals surface area contributed by atoms with Gasteiger partial charge in [0, 0.05) is 35.5 Å². The summed E-state index contributed by atoms with van der Waals surface area (Å²) in [5, 5.41) is 23.2. The van der Waals surface area contributed by atoms with E-state index in [1.54, 1.807) is 24.6 Å². The molecule has 1 aromatic carbocycles. The fourth-order valence-corrected chi connectivity index (χ4v) is 3.61. The number of aromatic carboxylic acids is 1. The first-order valence-corrected chi connectivity index (χ1v) is 9.23. The van der Waals surface area contributed by atoms with Crippen LogP contribution in [0.2, 0.25) is 0 Å². The molecule has 0 bridgehead atoms. The highest BCUT2D eigenvalue weighted by Crippen LogP contribution is 2.45. The Hall–Kier alpha value is -3.87. The topological polar surface area (TPSA) is 108 Å². The van der Waals surface area contributed by atoms with E-state index in [0.717, 1.165) is 12.0 Å². The Morgan fingerprint density at radius 2 is 2.03 bits per heavy atom. The summed E-state index contributed by atoms with van der Waals surface area (Å²) in [5.41, 5.74) is 2.40. The lowest BCUT2D eigenvalue weighted by atomic mass is 10.1. The largest absolute Gasteiger partial charge is 0.504 e. The van der Waals surface area contributed by atoms with E-state index >= 15 is 0 Å². The molecule has 0 spiro atoms. The smallest absolute Gasteiger partial charge is 0.345 e. The molecule has 0 saturated heterocycles. The van der Waals surface area contributed by atoms with Gasteiger partial charge in [0.1, 0.15) is 0 Å². The molecule has 3 aromatic rings. The van der Waals surface area contributed by atoms with Gasteiger partial charge in [-0.05, 0) is 30.2 Å². The number of aliphatic imine (C=N–C) groups is 1. The molecule has 0 radical (unpaired) electrons. The number of rotatable bonds is 5. The molecule has 7 nitrogen and oxygen atoms in total. The van der Waals surface area contributed by atoms with E-state index in [9.17, 15) is 15.0 Å². The summed E-state index contributed by atoms with van der Waals surface area (Å²) in [4.78, 5) is 20.1. The molecule has 2 aromatic heterocycles. The number of nitrogens with one attached hydrogen (secondary N) is 1. The molecule has 7 heteroatoms. The first kappa shape index (κ1) is 17.2. The molecule has 2 atom stereocenters. The van der Waals surface area contributed by atoms with Crippen LogP contribution in [0.15, 0.2) is 58.1 Å². The number of carbonyl (C=O) groups is 1. The third kappa shape index (κ3) is 3.06. The zero-order valence-electron chi connectivity index (χ0n) is 15.2. The first-order chi connectivity index (χ1) is 14.1. The molecule has 0 unspecified atom stereocenters. The Bertz CT molecular complexity index is 1160. The second-order valence-corrected chi connectivity index (χ2v) is 7.06. The normalized spacial score (nSPS) is 20.6. The van der Waals surface area contributed by atoms with Gasteiger partial charge in [0.05, 0.1) is 0 Å². The number of allylic oxidation sites excluding steroid dienone is 1. The number of hydrogen-bond acceptors (Lipinski definition) is 6. The first-order valence-electron chi connectivity index (χ1n) is 9.23. The van der Waals surface area contributed by atoms with E-state index in [1.165, 1.54) is 5.56 Å². The van der Waals surface area contributed by atoms with E-state index in [0.29, 0.717) is 11.4 Å². The molecule has 1 aliphatic carbocycles. The van der Waals surface area contributed by atoms with Crippen molar-refractivity contribution < 1.29 is 19.4 Å². The van der Waals surface area contributed by atoms with Gasteiger partial charge in [-0.15, -0.1) is 0 Å². The van der Waals surface area contributed by atoms with E-state index in [4.69, 9.17) is 4.42 Å². The average Bonchev–Trinajstić information content (AvgIpc) is 3.27. The summed E-state index contributed by atoms with van der Waals surface area (Å²) in [6.45, 7) is 0. The summed E-state index contributed by atoms with van der Waals surface area (Å²) in [5.74, 6) is -0.670. The van der Waals surface area contributed by atoms with E-state index in [1.807, 2.05) is 36.4 Å². The quantitative estimate of drug-likeness (QED) is 0.602. The van der Waals surface area contributed by atoms with Crippen LogP contribution in [0.4, 0.5) is 11.7 Å². The van der Waals surface area contributed by atoms with Crippen LogP contribution in [0, 0.1) is 0 Å². The van der Waals surface area contributed by atoms with Crippen LogP contribution < -0.4 is 5.32 Å². The number of nitrogens with zero attached hydrogens (tertiary/aromatic N) is 2. The van der Waals surface area contributed by atoms with Crippen LogP contribution >= 0.6 is 0 Å². The van der Waals surface area contributed by atoms with E-state index in [-0.39, 0.29) is 29.2 Å². The SMILES string of the molecule is O=C(O)c1c(N[C@@H]2C[C@H]2c2ccccc2)oc(C=C2C=Nc3ncccc32)c1O. The van der Waals surface area contributed by atoms with E-state index < -0.39 is 11.7 Å². The van der Waals surface area contributed by atoms with Crippen molar-refractivity contribution in [3.8, 4) is 5.75 Å². The fraction of sp³-hybridized carbons (Fsp3) is 0.136. The number of carboxylic acid groups (broad SMARTS) is 1. The second-order valence-electron chi connectivity index (χ2n) is 7.06. The Labute approximate surface area is 166 Å². The highest BCUT2D eigenvalue weighted by molar-refractivity contribution is 6.21. The Morgan fingerprint density at radius 1 is 1.21 bits per heavy atom. The van der Waals surface area contributed by atoms with Crippen LogP contribution in [0.3, 0.4) is 0 Å². The minimum Gasteiger partial charge on any atom is -0.504 e. The standard InChI is InChI=1S/C22H17N3O4/c26-19-17(9-13-11-24-20-14(13)7-4-8-23-20)29-21(18(19)22(27)28)25-16-10-15(16)12-5-2-1-3-6-12/h1-9,11,15-16,25-26H,10H2,(H,27,28)/t15-,16+/m0/s1. The molecule has 1 saturated carbocycles. The molecular weight excluding hydrogens is 370 g/mol. The van der Waals surface area contributed by atoms with Crippen molar-refractivity contribution in [3.05, 3.63) is 71.1 Å². The summed E-state index contributed by atoms with van der Waals surface area (Å²) in [6, 6.07) is 13.7. The molecule has 0 amide bonds. The molecule has 3 heterocycles. The summed E-state index contributed by atoms with van der Waals surface area (Å²) in [6.07, 6.45) is 5.70. The lowest BCUT2D eigenvalue weighted by Gasteiger charge is -2.04. The molecule has 144 valence electrons. The molecule has 3 N–H and O–H groups in total. The highest BCUT2D eigenvalue weighted by Gasteiger charge is 2.40. The summed E-state index contributed by atoms with van der Waals surface area (Å²) >= 11 is 0. The number of furan rings is 1. The van der Waals surface area contributed by atoms with Gasteiger partial charge in [-0.1, -0.05) is 30.3 Å². The van der Waals surface area contributed by atoms with Crippen molar-refractivity contribution >= 4 is 35.5 Å². The van der Waals surface area contributed by atoms with Gasteiger partial charge in [-0.25, -0.2) is 14.8 Å². The molecular formula is C22H17N3O4. The zero-order chi connectivity index (χ0) is 20.0. The van der Waals surface area contributed by atoms with Crippen LogP contribution in [0.5, 0.6) is 5.75 Å². The van der Waals surface area contributed by atoms with Gasteiger partial charge in [0.15, 0.2) is 22.9 Å².